The van der Waals surface area contributed by atoms with E-state index in [2.05, 4.69) is 22.0 Å². The molecular weight excluding hydrogens is 372 g/mol. The lowest BCUT2D eigenvalue weighted by Crippen LogP contribution is -2.18. The lowest BCUT2D eigenvalue weighted by atomic mass is 10.1. The molecule has 0 aliphatic carbocycles. The minimum atomic E-state index is -0.128. The van der Waals surface area contributed by atoms with E-state index in [0.717, 1.165) is 42.1 Å². The van der Waals surface area contributed by atoms with Gasteiger partial charge in [0.25, 0.3) is 0 Å². The van der Waals surface area contributed by atoms with Crippen LogP contribution in [-0.4, -0.2) is 39.2 Å². The van der Waals surface area contributed by atoms with Gasteiger partial charge < -0.3 is 4.57 Å². The van der Waals surface area contributed by atoms with Gasteiger partial charge >= 0.3 is 0 Å². The van der Waals surface area contributed by atoms with Crippen molar-refractivity contribution in [2.75, 3.05) is 19.0 Å². The van der Waals surface area contributed by atoms with E-state index in [4.69, 9.17) is 16.9 Å². The van der Waals surface area contributed by atoms with Crippen molar-refractivity contribution >= 4 is 28.4 Å². The second kappa shape index (κ2) is 7.75. The third-order valence-electron chi connectivity index (χ3n) is 5.36. The molecule has 1 aliphatic rings. The van der Waals surface area contributed by atoms with Crippen LogP contribution in [0, 0.1) is 18.3 Å². The Bertz CT molecular complexity index is 1070. The van der Waals surface area contributed by atoms with Gasteiger partial charge in [0, 0.05) is 24.1 Å². The van der Waals surface area contributed by atoms with Gasteiger partial charge in [-0.25, -0.2) is 0 Å². The molecule has 6 heteroatoms. The highest BCUT2D eigenvalue weighted by molar-refractivity contribution is 6.32. The number of fused-ring (bicyclic) bond motifs is 1. The number of pyridine rings is 1. The number of Topliss-reactive ketones (excluding diaryl/α,β-unsaturated/α-hetero) is 1. The van der Waals surface area contributed by atoms with E-state index in [0.29, 0.717) is 16.6 Å². The van der Waals surface area contributed by atoms with Crippen molar-refractivity contribution < 1.29 is 4.79 Å². The van der Waals surface area contributed by atoms with Gasteiger partial charge in [0.15, 0.2) is 5.78 Å². The Balaban J connectivity index is 1.88. The molecule has 0 amide bonds. The first kappa shape index (κ1) is 18.7. The molecule has 0 N–H and O–H groups in total. The molecule has 142 valence electrons. The summed E-state index contributed by atoms with van der Waals surface area (Å²) in [5.74, 6) is -0.207. The lowest BCUT2D eigenvalue weighted by Gasteiger charge is -2.15. The van der Waals surface area contributed by atoms with E-state index >= 15 is 0 Å². The van der Waals surface area contributed by atoms with Crippen molar-refractivity contribution in [1.29, 1.82) is 5.26 Å². The van der Waals surface area contributed by atoms with Gasteiger partial charge in [0.05, 0.1) is 34.1 Å². The van der Waals surface area contributed by atoms with Crippen molar-refractivity contribution in [3.05, 3.63) is 58.9 Å². The molecule has 4 rings (SSSR count). The number of hydrogen-bond donors (Lipinski definition) is 0. The molecule has 3 aromatic rings. The second-order valence-electron chi connectivity index (χ2n) is 7.21. The van der Waals surface area contributed by atoms with Gasteiger partial charge in [0.1, 0.15) is 0 Å². The molecule has 5 nitrogen and oxygen atoms in total. The first-order valence-electron chi connectivity index (χ1n) is 9.44. The number of alkyl halides is 1. The predicted molar refractivity (Wildman–Crippen MR) is 110 cm³/mol. The fourth-order valence-corrected chi connectivity index (χ4v) is 4.16. The summed E-state index contributed by atoms with van der Waals surface area (Å²) < 4.78 is 2.04. The molecule has 1 fully saturated rings. The van der Waals surface area contributed by atoms with Crippen molar-refractivity contribution in [3.8, 4) is 11.8 Å². The molecular formula is C22H21ClN4O. The topological polar surface area (TPSA) is 61.9 Å². The number of likely N-dealkylation sites (tertiary alicyclic amines) is 1. The van der Waals surface area contributed by atoms with Crippen LogP contribution in [0.3, 0.4) is 0 Å². The molecule has 3 heterocycles. The maximum Gasteiger partial charge on any atom is 0.181 e. The molecule has 0 bridgehead atoms. The number of benzene rings is 1. The van der Waals surface area contributed by atoms with Crippen LogP contribution in [0.1, 0.15) is 40.0 Å². The minimum Gasteiger partial charge on any atom is -0.312 e. The molecule has 1 saturated heterocycles. The van der Waals surface area contributed by atoms with Crippen LogP contribution < -0.4 is 0 Å². The van der Waals surface area contributed by atoms with Crippen LogP contribution in [0.15, 0.2) is 36.5 Å². The molecule has 0 spiro atoms. The average molecular weight is 393 g/mol. The fourth-order valence-electron chi connectivity index (χ4n) is 4.03. The van der Waals surface area contributed by atoms with Crippen LogP contribution in [0.5, 0.6) is 0 Å². The monoisotopic (exact) mass is 392 g/mol. The van der Waals surface area contributed by atoms with Crippen LogP contribution >= 0.6 is 11.6 Å². The first-order valence-corrected chi connectivity index (χ1v) is 9.98. The largest absolute Gasteiger partial charge is 0.312 e. The summed E-state index contributed by atoms with van der Waals surface area (Å²) in [6.07, 6.45) is 4.35. The Morgan fingerprint density at radius 3 is 2.61 bits per heavy atom. The van der Waals surface area contributed by atoms with Crippen molar-refractivity contribution in [1.82, 2.24) is 14.5 Å². The van der Waals surface area contributed by atoms with Crippen molar-refractivity contribution in [2.24, 2.45) is 0 Å². The molecule has 1 aromatic carbocycles. The Morgan fingerprint density at radius 1 is 1.25 bits per heavy atom. The number of carbonyl (C=O) groups is 1. The van der Waals surface area contributed by atoms with Gasteiger partial charge in [-0.15, -0.1) is 11.6 Å². The number of nitrogens with zero attached hydrogens (tertiary/aromatic N) is 4. The van der Waals surface area contributed by atoms with E-state index in [1.807, 2.05) is 29.8 Å². The number of rotatable bonds is 5. The third kappa shape index (κ3) is 3.30. The highest BCUT2D eigenvalue weighted by Gasteiger charge is 2.22. The van der Waals surface area contributed by atoms with Crippen LogP contribution in [-0.2, 0) is 6.54 Å². The summed E-state index contributed by atoms with van der Waals surface area (Å²) in [5.41, 5.74) is 5.59. The number of nitriles is 1. The number of ketones is 1. The fraction of sp³-hybridized carbons (Fsp3) is 0.318. The van der Waals surface area contributed by atoms with Crippen LogP contribution in [0.4, 0.5) is 0 Å². The van der Waals surface area contributed by atoms with Gasteiger partial charge in [-0.05, 0) is 68.8 Å². The minimum absolute atomic E-state index is 0.0788. The summed E-state index contributed by atoms with van der Waals surface area (Å²) in [6.45, 7) is 5.01. The zero-order valence-corrected chi connectivity index (χ0v) is 16.5. The SMILES string of the molecule is Cc1c(C(=O)CCl)c2ncc(CN3CCCC3)cc2n1-c1ccc(C#N)cc1. The quantitative estimate of drug-likeness (QED) is 0.481. The Labute approximate surface area is 169 Å². The normalized spacial score (nSPS) is 14.5. The second-order valence-corrected chi connectivity index (χ2v) is 7.47. The van der Waals surface area contributed by atoms with E-state index in [1.54, 1.807) is 12.1 Å². The van der Waals surface area contributed by atoms with Gasteiger partial charge in [-0.1, -0.05) is 0 Å². The van der Waals surface area contributed by atoms with Crippen LogP contribution in [0.25, 0.3) is 16.7 Å². The lowest BCUT2D eigenvalue weighted by molar-refractivity contribution is 0.102. The van der Waals surface area contributed by atoms with E-state index in [1.165, 1.54) is 12.8 Å². The van der Waals surface area contributed by atoms with Gasteiger partial charge in [0.2, 0.25) is 0 Å². The highest BCUT2D eigenvalue weighted by atomic mass is 35.5. The van der Waals surface area contributed by atoms with Crippen LogP contribution in [0.2, 0.25) is 0 Å². The summed E-state index contributed by atoms with van der Waals surface area (Å²) in [5, 5.41) is 9.08. The molecule has 0 saturated carbocycles. The standard InChI is InChI=1S/C22H21ClN4O/c1-15-21(20(28)11-23)22-19(27(15)18-6-4-16(12-24)5-7-18)10-17(13-25-22)14-26-8-2-3-9-26/h4-7,10,13H,2-3,8-9,11,14H2,1H3. The summed E-state index contributed by atoms with van der Waals surface area (Å²) in [4.78, 5) is 19.6. The number of carbonyl (C=O) groups excluding carboxylic acids is 1. The van der Waals surface area contributed by atoms with Gasteiger partial charge in [-0.3, -0.25) is 14.7 Å². The Hall–Kier alpha value is -2.68. The summed E-state index contributed by atoms with van der Waals surface area (Å²) in [7, 11) is 0. The first-order chi connectivity index (χ1) is 13.6. The highest BCUT2D eigenvalue weighted by Crippen LogP contribution is 2.30. The molecule has 0 radical (unpaired) electrons. The molecule has 2 aromatic heterocycles. The summed E-state index contributed by atoms with van der Waals surface area (Å²) in [6, 6.07) is 11.6. The number of aromatic nitrogens is 2. The summed E-state index contributed by atoms with van der Waals surface area (Å²) >= 11 is 5.87. The molecule has 0 unspecified atom stereocenters. The molecule has 28 heavy (non-hydrogen) atoms. The number of halogens is 1. The Morgan fingerprint density at radius 2 is 1.96 bits per heavy atom. The zero-order valence-electron chi connectivity index (χ0n) is 15.8. The van der Waals surface area contributed by atoms with Crippen molar-refractivity contribution in [2.45, 2.75) is 26.3 Å². The van der Waals surface area contributed by atoms with Crippen molar-refractivity contribution in [3.63, 3.8) is 0 Å². The number of hydrogen-bond acceptors (Lipinski definition) is 4. The molecule has 0 atom stereocenters. The average Bonchev–Trinajstić information content (AvgIpc) is 3.32. The molecule has 1 aliphatic heterocycles. The maximum atomic E-state index is 12.5. The van der Waals surface area contributed by atoms with E-state index in [-0.39, 0.29) is 11.7 Å². The van der Waals surface area contributed by atoms with Gasteiger partial charge in [-0.2, -0.15) is 5.26 Å². The van der Waals surface area contributed by atoms with E-state index in [9.17, 15) is 4.79 Å². The predicted octanol–water partition coefficient (Wildman–Crippen LogP) is 4.22. The maximum absolute atomic E-state index is 12.5. The zero-order chi connectivity index (χ0) is 19.7. The Kier molecular flexibility index (Phi) is 5.17. The third-order valence-corrected chi connectivity index (χ3v) is 5.60. The van der Waals surface area contributed by atoms with E-state index < -0.39 is 0 Å². The smallest absolute Gasteiger partial charge is 0.181 e.